The van der Waals surface area contributed by atoms with Crippen molar-refractivity contribution in [2.45, 2.75) is 25.2 Å². The molecule has 2 aromatic carbocycles. The molecule has 1 aliphatic rings. The first-order valence-corrected chi connectivity index (χ1v) is 10.5. The van der Waals surface area contributed by atoms with Crippen LogP contribution in [0.15, 0.2) is 42.6 Å². The number of imidazole rings is 1. The number of carboxylic acid groups (broad SMARTS) is 1. The van der Waals surface area contributed by atoms with E-state index in [-0.39, 0.29) is 12.0 Å². The minimum absolute atomic E-state index is 0.0421. The first-order chi connectivity index (χ1) is 17.0. The van der Waals surface area contributed by atoms with Crippen LogP contribution in [0.5, 0.6) is 5.75 Å². The van der Waals surface area contributed by atoms with Gasteiger partial charge in [0.1, 0.15) is 17.1 Å². The zero-order chi connectivity index (χ0) is 26.0. The second-order valence-corrected chi connectivity index (χ2v) is 7.85. The molecule has 1 aliphatic heterocycles. The Morgan fingerprint density at radius 2 is 1.92 bits per heavy atom. The molecule has 0 amide bonds. The van der Waals surface area contributed by atoms with E-state index in [4.69, 9.17) is 20.4 Å². The average Bonchev–Trinajstić information content (AvgIpc) is 3.28. The molecular formula is C23H20F4N6O3. The molecule has 2 aromatic heterocycles. The summed E-state index contributed by atoms with van der Waals surface area (Å²) in [5.41, 5.74) is 10.2. The van der Waals surface area contributed by atoms with Gasteiger partial charge in [0.2, 0.25) is 5.95 Å². The van der Waals surface area contributed by atoms with Crippen LogP contribution in [-0.2, 0) is 17.8 Å². The molecule has 5 rings (SSSR count). The molecule has 0 saturated carbocycles. The molecule has 0 radical (unpaired) electrons. The minimum atomic E-state index is -5.08. The Labute approximate surface area is 201 Å². The standard InChI is InChI=1S/C21H19FN6O.C2HF3O2/c1-29-14-3-2-11-10-25-18(8-12(11)6-14)20-26-17-9-13(7-15(22)19(17)28-20)16-4-5-24-21(23)27-16;3-2(4,5)1(6)7/h2-7,9,18,25H,8,10H2,1H3,(H,26,28)(H2,23,24,27);(H,6,7). The lowest BCUT2D eigenvalue weighted by atomic mass is 9.95. The highest BCUT2D eigenvalue weighted by atomic mass is 19.4. The first kappa shape index (κ1) is 24.9. The van der Waals surface area contributed by atoms with Crippen molar-refractivity contribution in [3.05, 3.63) is 65.4 Å². The number of rotatable bonds is 3. The Kier molecular flexibility index (Phi) is 6.75. The maximum absolute atomic E-state index is 14.8. The van der Waals surface area contributed by atoms with E-state index in [0.29, 0.717) is 28.1 Å². The molecule has 5 N–H and O–H groups in total. The van der Waals surface area contributed by atoms with Crippen LogP contribution in [0.3, 0.4) is 0 Å². The van der Waals surface area contributed by atoms with Crippen LogP contribution < -0.4 is 15.8 Å². The number of H-pyrrole nitrogens is 1. The van der Waals surface area contributed by atoms with Crippen molar-refractivity contribution in [3.63, 3.8) is 0 Å². The molecule has 1 atom stereocenters. The van der Waals surface area contributed by atoms with E-state index in [1.807, 2.05) is 18.2 Å². The number of anilines is 1. The van der Waals surface area contributed by atoms with Crippen molar-refractivity contribution in [2.75, 3.05) is 12.8 Å². The third-order valence-corrected chi connectivity index (χ3v) is 5.48. The van der Waals surface area contributed by atoms with Crippen molar-refractivity contribution in [2.24, 2.45) is 0 Å². The van der Waals surface area contributed by atoms with Crippen LogP contribution in [0.4, 0.5) is 23.5 Å². The number of hydrogen-bond acceptors (Lipinski definition) is 7. The van der Waals surface area contributed by atoms with Crippen LogP contribution in [0.1, 0.15) is 23.0 Å². The number of fused-ring (bicyclic) bond motifs is 2. The summed E-state index contributed by atoms with van der Waals surface area (Å²) >= 11 is 0. The molecule has 4 aromatic rings. The van der Waals surface area contributed by atoms with Crippen molar-refractivity contribution < 1.29 is 32.2 Å². The number of benzene rings is 2. The van der Waals surface area contributed by atoms with Crippen molar-refractivity contribution >= 4 is 23.0 Å². The quantitative estimate of drug-likeness (QED) is 0.309. The molecule has 13 heteroatoms. The summed E-state index contributed by atoms with van der Waals surface area (Å²) in [4.78, 5) is 24.7. The van der Waals surface area contributed by atoms with Gasteiger partial charge in [-0.1, -0.05) is 6.07 Å². The SMILES string of the molecule is COc1ccc2c(c1)CC(c1nc3c(F)cc(-c4ccnc(N)n4)cc3[nH]1)NC2.O=C(O)C(F)(F)F. The van der Waals surface area contributed by atoms with Crippen LogP contribution in [-0.4, -0.2) is 44.3 Å². The lowest BCUT2D eigenvalue weighted by molar-refractivity contribution is -0.192. The topological polar surface area (TPSA) is 139 Å². The zero-order valence-electron chi connectivity index (χ0n) is 18.7. The monoisotopic (exact) mass is 504 g/mol. The number of methoxy groups -OCH3 is 1. The van der Waals surface area contributed by atoms with E-state index in [1.54, 1.807) is 19.4 Å². The second kappa shape index (κ2) is 9.77. The number of aromatic amines is 1. The number of carbonyl (C=O) groups is 1. The van der Waals surface area contributed by atoms with Crippen LogP contribution in [0.2, 0.25) is 0 Å². The summed E-state index contributed by atoms with van der Waals surface area (Å²) in [7, 11) is 1.66. The fraction of sp³-hybridized carbons (Fsp3) is 0.217. The Balaban J connectivity index is 0.000000384. The van der Waals surface area contributed by atoms with Gasteiger partial charge in [0, 0.05) is 18.3 Å². The van der Waals surface area contributed by atoms with Crippen molar-refractivity contribution in [3.8, 4) is 17.0 Å². The van der Waals surface area contributed by atoms with Gasteiger partial charge < -0.3 is 25.9 Å². The predicted octanol–water partition coefficient (Wildman–Crippen LogP) is 3.77. The lowest BCUT2D eigenvalue weighted by Crippen LogP contribution is -2.29. The van der Waals surface area contributed by atoms with Crippen LogP contribution >= 0.6 is 0 Å². The second-order valence-electron chi connectivity index (χ2n) is 7.85. The average molecular weight is 504 g/mol. The van der Waals surface area contributed by atoms with Gasteiger partial charge in [-0.3, -0.25) is 0 Å². The van der Waals surface area contributed by atoms with Gasteiger partial charge in [-0.15, -0.1) is 0 Å². The van der Waals surface area contributed by atoms with Gasteiger partial charge in [-0.25, -0.2) is 24.1 Å². The molecule has 0 spiro atoms. The third kappa shape index (κ3) is 5.35. The summed E-state index contributed by atoms with van der Waals surface area (Å²) < 4.78 is 51.8. The highest BCUT2D eigenvalue weighted by Gasteiger charge is 2.38. The van der Waals surface area contributed by atoms with Gasteiger partial charge in [-0.2, -0.15) is 13.2 Å². The van der Waals surface area contributed by atoms with E-state index in [0.717, 1.165) is 18.7 Å². The fourth-order valence-corrected chi connectivity index (χ4v) is 3.75. The number of nitrogens with two attached hydrogens (primary N) is 1. The number of nitrogens with one attached hydrogen (secondary N) is 2. The van der Waals surface area contributed by atoms with Gasteiger partial charge in [0.05, 0.1) is 24.4 Å². The Hall–Kier alpha value is -4.26. The van der Waals surface area contributed by atoms with Crippen molar-refractivity contribution in [1.82, 2.24) is 25.3 Å². The lowest BCUT2D eigenvalue weighted by Gasteiger charge is -2.25. The number of alkyl halides is 3. The number of aromatic nitrogens is 4. The third-order valence-electron chi connectivity index (χ3n) is 5.48. The van der Waals surface area contributed by atoms with Crippen molar-refractivity contribution in [1.29, 1.82) is 0 Å². The number of nitrogen functional groups attached to an aromatic ring is 1. The Bertz CT molecular complexity index is 1420. The van der Waals surface area contributed by atoms with Crippen LogP contribution in [0, 0.1) is 5.82 Å². The van der Waals surface area contributed by atoms with Gasteiger partial charge in [0.25, 0.3) is 0 Å². The summed E-state index contributed by atoms with van der Waals surface area (Å²) in [6, 6.07) is 11.0. The summed E-state index contributed by atoms with van der Waals surface area (Å²) in [6.07, 6.45) is -2.79. The first-order valence-electron chi connectivity index (χ1n) is 10.5. The number of hydrogen-bond donors (Lipinski definition) is 4. The largest absolute Gasteiger partial charge is 0.497 e. The van der Waals surface area contributed by atoms with Gasteiger partial charge in [-0.05, 0) is 47.9 Å². The molecule has 1 unspecified atom stereocenters. The number of ether oxygens (including phenoxy) is 1. The number of nitrogens with zero attached hydrogens (tertiary/aromatic N) is 3. The molecule has 3 heterocycles. The molecule has 36 heavy (non-hydrogen) atoms. The number of carboxylic acids is 1. The highest BCUT2D eigenvalue weighted by Crippen LogP contribution is 2.30. The van der Waals surface area contributed by atoms with Gasteiger partial charge in [0.15, 0.2) is 5.82 Å². The Morgan fingerprint density at radius 3 is 2.58 bits per heavy atom. The molecule has 188 valence electrons. The maximum Gasteiger partial charge on any atom is 0.490 e. The highest BCUT2D eigenvalue weighted by molar-refractivity contribution is 5.82. The molecule has 0 aliphatic carbocycles. The van der Waals surface area contributed by atoms with Crippen LogP contribution in [0.25, 0.3) is 22.3 Å². The fourth-order valence-electron chi connectivity index (χ4n) is 3.75. The van der Waals surface area contributed by atoms with E-state index in [1.165, 1.54) is 17.2 Å². The summed E-state index contributed by atoms with van der Waals surface area (Å²) in [5, 5.41) is 10.6. The predicted molar refractivity (Wildman–Crippen MR) is 121 cm³/mol. The molecular weight excluding hydrogens is 484 g/mol. The normalized spacial score (nSPS) is 15.1. The summed E-state index contributed by atoms with van der Waals surface area (Å²) in [6.45, 7) is 0.717. The molecule has 9 nitrogen and oxygen atoms in total. The number of aliphatic carboxylic acids is 1. The van der Waals surface area contributed by atoms with E-state index in [9.17, 15) is 17.6 Å². The minimum Gasteiger partial charge on any atom is -0.497 e. The molecule has 0 fully saturated rings. The molecule has 0 saturated heterocycles. The molecule has 0 bridgehead atoms. The van der Waals surface area contributed by atoms with E-state index >= 15 is 0 Å². The maximum atomic E-state index is 14.8. The zero-order valence-corrected chi connectivity index (χ0v) is 18.7. The Morgan fingerprint density at radius 1 is 1.17 bits per heavy atom. The van der Waals surface area contributed by atoms with Gasteiger partial charge >= 0.3 is 12.1 Å². The summed E-state index contributed by atoms with van der Waals surface area (Å²) in [5.74, 6) is -1.49. The smallest absolute Gasteiger partial charge is 0.490 e. The van der Waals surface area contributed by atoms with E-state index in [2.05, 4.69) is 31.3 Å². The number of halogens is 4. The van der Waals surface area contributed by atoms with E-state index < -0.39 is 18.0 Å².